The molecule has 17 rings (SSSR count). The fraction of sp³-hybridized carbons (Fsp3) is 0.562. The monoisotopic (exact) mass is 1490 g/mol. The van der Waals surface area contributed by atoms with Crippen molar-refractivity contribution in [2.45, 2.75) is 193 Å². The Hall–Kier alpha value is -8.13. The van der Waals surface area contributed by atoms with Gasteiger partial charge in [-0.15, -0.1) is 0 Å². The highest BCUT2D eigenvalue weighted by Crippen LogP contribution is 2.48. The Balaban J connectivity index is 0.000000120. The number of rotatable bonds is 8. The summed E-state index contributed by atoms with van der Waals surface area (Å²) in [6, 6.07) is 29.4. The van der Waals surface area contributed by atoms with E-state index in [9.17, 15) is 38.4 Å². The number of likely N-dealkylation sites (tertiary alicyclic amines) is 2. The molecule has 7 aliphatic carbocycles. The lowest BCUT2D eigenvalue weighted by molar-refractivity contribution is -0.136. The van der Waals surface area contributed by atoms with Gasteiger partial charge in [-0.25, -0.2) is 19.2 Å². The quantitative estimate of drug-likeness (QED) is 0.0489. The van der Waals surface area contributed by atoms with Crippen LogP contribution >= 0.6 is 12.2 Å². The minimum atomic E-state index is -0.437. The molecule has 5 aromatic carbocycles. The van der Waals surface area contributed by atoms with Crippen molar-refractivity contribution in [1.82, 2.24) is 25.8 Å². The predicted molar refractivity (Wildman–Crippen MR) is 417 cm³/mol. The molecular formula is C89H111N5O13S. The number of Topliss-reactive ketones (excluding diaryl/α,β-unsaturated/α-hetero) is 1. The molecule has 19 heteroatoms. The van der Waals surface area contributed by atoms with E-state index < -0.39 is 6.61 Å². The SMILES string of the molecule is COC(=O)c1ccc2c(c1)CC1(CC2)CCN(C(=O)C2CCCCC2)C1.COC(=O)c1ccc2c(c1)CC1(CCNC1)CC2.COC(=O)c1ccc2c(c1)CC1(CCNC1=O)CC2.COC(=O)c1ccc2c(c1)CC1(CCNC1=S)CC2.O=C(CO)c1ccc2c(c1)CC1(CC2)CCN(C(=O)C2CCCCC2)C1. The first-order valence-electron chi connectivity index (χ1n) is 40.1. The van der Waals surface area contributed by atoms with Crippen LogP contribution in [-0.2, 0) is 97.5 Å². The molecule has 18 nitrogen and oxygen atoms in total. The fourth-order valence-electron chi connectivity index (χ4n) is 20.3. The van der Waals surface area contributed by atoms with Crippen molar-refractivity contribution in [2.24, 2.45) is 38.9 Å². The van der Waals surface area contributed by atoms with Crippen LogP contribution in [-0.4, -0.2) is 155 Å². The maximum Gasteiger partial charge on any atom is 0.337 e. The maximum atomic E-state index is 12.9. The summed E-state index contributed by atoms with van der Waals surface area (Å²) in [5.74, 6) is 0.161. The number of fused-ring (bicyclic) bond motifs is 5. The van der Waals surface area contributed by atoms with Crippen molar-refractivity contribution >= 4 is 64.6 Å². The van der Waals surface area contributed by atoms with Crippen molar-refractivity contribution in [3.63, 3.8) is 0 Å². The third-order valence-electron chi connectivity index (χ3n) is 26.9. The van der Waals surface area contributed by atoms with E-state index in [0.717, 1.165) is 204 Å². The third kappa shape index (κ3) is 17.2. The molecule has 5 aromatic rings. The standard InChI is InChI=1S/2C22H29NO3.C15H17NO3.C15H17NO2S.C15H19NO2/c1-26-21(25)18-8-7-16-9-10-22(14-19(16)13-18)11-12-23(15-22)20(24)17-5-3-2-4-6-17;24-14-20(25)18-7-6-16-8-9-22(13-19(16)12-18)10-11-23(15-22)21(26)17-4-2-1-3-5-17;1-19-13(17)11-3-2-10-4-5-15(9-12(10)8-11)6-7-16-14(15)18;1-18-13(17)11-3-2-10-4-5-15(9-12(10)8-11)6-7-16-14(15)19;1-18-14(17)12-3-2-11-4-5-15(6-7-16-10-15)9-13(11)8-12/h7-8,13,17H,2-6,9-12,14-15H2,1H3;6-7,12,17,24H,1-5,8-11,13-15H2;2-3,8H,4-7,9H2,1H3,(H,16,18);2-3,8H,4-7,9H2,1H3,(H,16,19);2-3,8,16H,4-7,9-10H2,1H3. The summed E-state index contributed by atoms with van der Waals surface area (Å²) < 4.78 is 19.2. The zero-order valence-electron chi connectivity index (χ0n) is 64.0. The summed E-state index contributed by atoms with van der Waals surface area (Å²) in [6.07, 6.45) is 32.5. The van der Waals surface area contributed by atoms with E-state index in [1.807, 2.05) is 66.7 Å². The van der Waals surface area contributed by atoms with Crippen LogP contribution in [0.25, 0.3) is 0 Å². The first-order valence-corrected chi connectivity index (χ1v) is 40.5. The molecule has 5 unspecified atom stereocenters. The summed E-state index contributed by atoms with van der Waals surface area (Å²) in [5.41, 5.74) is 16.7. The van der Waals surface area contributed by atoms with Gasteiger partial charge in [0.25, 0.3) is 0 Å². The number of aliphatic hydroxyl groups excluding tert-OH is 1. The second kappa shape index (κ2) is 34.0. The van der Waals surface area contributed by atoms with Gasteiger partial charge >= 0.3 is 23.9 Å². The Bertz CT molecular complexity index is 4010. The predicted octanol–water partition coefficient (Wildman–Crippen LogP) is 12.6. The molecule has 5 aliphatic heterocycles. The highest BCUT2D eigenvalue weighted by Gasteiger charge is 2.48. The first-order chi connectivity index (χ1) is 52.2. The van der Waals surface area contributed by atoms with Crippen LogP contribution in [0.2, 0.25) is 0 Å². The maximum absolute atomic E-state index is 12.9. The van der Waals surface area contributed by atoms with Gasteiger partial charge < -0.3 is 49.8 Å². The second-order valence-corrected chi connectivity index (χ2v) is 33.9. The van der Waals surface area contributed by atoms with Gasteiger partial charge in [-0.2, -0.15) is 0 Å². The lowest BCUT2D eigenvalue weighted by Crippen LogP contribution is -2.38. The number of hydrogen-bond acceptors (Lipinski definition) is 15. The fourth-order valence-corrected chi connectivity index (χ4v) is 20.7. The molecule has 5 saturated heterocycles. The largest absolute Gasteiger partial charge is 0.465 e. The van der Waals surface area contributed by atoms with Crippen molar-refractivity contribution in [3.8, 4) is 0 Å². The van der Waals surface area contributed by atoms with Crippen LogP contribution in [0.5, 0.6) is 0 Å². The topological polar surface area (TPSA) is 236 Å². The van der Waals surface area contributed by atoms with Crippen molar-refractivity contribution in [3.05, 3.63) is 174 Å². The van der Waals surface area contributed by atoms with Crippen LogP contribution in [0.4, 0.5) is 0 Å². The van der Waals surface area contributed by atoms with E-state index >= 15 is 0 Å². The average molecular weight is 1490 g/mol. The number of nitrogens with one attached hydrogen (secondary N) is 3. The molecule has 5 spiro atoms. The highest BCUT2D eigenvalue weighted by atomic mass is 32.1. The Morgan fingerprint density at radius 1 is 0.417 bits per heavy atom. The number of aliphatic hydroxyl groups is 1. The van der Waals surface area contributed by atoms with Crippen LogP contribution in [0, 0.1) is 38.9 Å². The molecular weight excluding hydrogens is 1380 g/mol. The van der Waals surface area contributed by atoms with Gasteiger partial charge in [0.1, 0.15) is 6.61 Å². The van der Waals surface area contributed by atoms with E-state index in [1.54, 1.807) is 6.07 Å². The molecule has 0 bridgehead atoms. The van der Waals surface area contributed by atoms with Gasteiger partial charge in [0, 0.05) is 68.6 Å². The van der Waals surface area contributed by atoms with Crippen molar-refractivity contribution in [2.75, 3.05) is 87.4 Å². The number of amides is 3. The van der Waals surface area contributed by atoms with Crippen molar-refractivity contribution < 1.29 is 62.4 Å². The van der Waals surface area contributed by atoms with Gasteiger partial charge in [0.2, 0.25) is 17.7 Å². The van der Waals surface area contributed by atoms with Gasteiger partial charge in [0.15, 0.2) is 5.78 Å². The average Bonchev–Trinajstić information content (AvgIpc) is 1.58. The minimum Gasteiger partial charge on any atom is -0.465 e. The van der Waals surface area contributed by atoms with Gasteiger partial charge in [-0.1, -0.05) is 87.1 Å². The summed E-state index contributed by atoms with van der Waals surface area (Å²) in [6.45, 7) is 7.12. The normalized spacial score (nSPS) is 25.7. The van der Waals surface area contributed by atoms with Gasteiger partial charge in [-0.05, 0) is 287 Å². The number of carbonyl (C=O) groups excluding carboxylic acids is 8. The lowest BCUT2D eigenvalue weighted by Gasteiger charge is -2.35. The summed E-state index contributed by atoms with van der Waals surface area (Å²) in [4.78, 5) is 102. The molecule has 12 aliphatic rings. The number of carbonyl (C=O) groups is 8. The van der Waals surface area contributed by atoms with Crippen molar-refractivity contribution in [1.29, 1.82) is 0 Å². The van der Waals surface area contributed by atoms with Crippen LogP contribution in [0.3, 0.4) is 0 Å². The third-order valence-corrected chi connectivity index (χ3v) is 27.5. The Labute approximate surface area is 642 Å². The molecule has 3 amide bonds. The zero-order chi connectivity index (χ0) is 75.8. The van der Waals surface area contributed by atoms with E-state index in [-0.39, 0.29) is 69.1 Å². The van der Waals surface area contributed by atoms with Gasteiger partial charge in [0.05, 0.1) is 61.1 Å². The summed E-state index contributed by atoms with van der Waals surface area (Å²) in [5, 5.41) is 18.8. The molecule has 108 heavy (non-hydrogen) atoms. The van der Waals surface area contributed by atoms with Crippen LogP contribution in [0.1, 0.15) is 236 Å². The van der Waals surface area contributed by atoms with E-state index in [1.165, 1.54) is 130 Å². The Kier molecular flexibility index (Phi) is 24.6. The molecule has 5 atom stereocenters. The number of methoxy groups -OCH3 is 4. The molecule has 0 radical (unpaired) electrons. The molecule has 2 saturated carbocycles. The molecule has 0 aromatic heterocycles. The summed E-state index contributed by atoms with van der Waals surface area (Å²) in [7, 11) is 5.66. The molecule has 576 valence electrons. The Morgan fingerprint density at radius 2 is 0.778 bits per heavy atom. The van der Waals surface area contributed by atoms with E-state index in [4.69, 9.17) is 36.3 Å². The number of esters is 4. The number of aryl methyl sites for hydroxylation is 5. The molecule has 7 fully saturated rings. The zero-order valence-corrected chi connectivity index (χ0v) is 64.9. The smallest absolute Gasteiger partial charge is 0.337 e. The minimum absolute atomic E-state index is 0.122. The first kappa shape index (κ1) is 78.0. The Morgan fingerprint density at radius 3 is 1.16 bits per heavy atom. The summed E-state index contributed by atoms with van der Waals surface area (Å²) >= 11 is 5.48. The number of hydrogen-bond donors (Lipinski definition) is 4. The van der Waals surface area contributed by atoms with Crippen LogP contribution in [0.15, 0.2) is 91.0 Å². The second-order valence-electron chi connectivity index (χ2n) is 33.5. The number of ketones is 1. The highest BCUT2D eigenvalue weighted by molar-refractivity contribution is 7.80. The number of benzene rings is 5. The molecule has 4 N–H and O–H groups in total. The van der Waals surface area contributed by atoms with Gasteiger partial charge in [-0.3, -0.25) is 19.2 Å². The number of thiocarbonyl (C=S) groups is 1. The number of ether oxygens (including phenoxy) is 4. The lowest BCUT2D eigenvalue weighted by atomic mass is 9.70. The van der Waals surface area contributed by atoms with E-state index in [2.05, 4.69) is 43.9 Å². The molecule has 5 heterocycles. The number of nitrogens with zero attached hydrogens (tertiary/aromatic N) is 2. The van der Waals surface area contributed by atoms with E-state index in [0.29, 0.717) is 45.0 Å². The van der Waals surface area contributed by atoms with Crippen LogP contribution < -0.4 is 16.0 Å².